The molecule has 2 unspecified atom stereocenters. The molecule has 0 aliphatic heterocycles. The van der Waals surface area contributed by atoms with Crippen LogP contribution in [0.2, 0.25) is 0 Å². The Morgan fingerprint density at radius 3 is 2.61 bits per heavy atom. The van der Waals surface area contributed by atoms with Crippen molar-refractivity contribution >= 4 is 0 Å². The number of benzene rings is 1. The van der Waals surface area contributed by atoms with Gasteiger partial charge in [-0.1, -0.05) is 0 Å². The lowest BCUT2D eigenvalue weighted by atomic mass is 10.2. The first-order chi connectivity index (χ1) is 11.0. The Morgan fingerprint density at radius 2 is 1.96 bits per heavy atom. The van der Waals surface area contributed by atoms with Gasteiger partial charge < -0.3 is 15.2 Å². The summed E-state index contributed by atoms with van der Waals surface area (Å²) in [5, 5.41) is 12.9. The number of nitrogens with one attached hydrogen (secondary N) is 1. The molecular weight excluding hydrogens is 309 g/mol. The highest BCUT2D eigenvalue weighted by molar-refractivity contribution is 5.23. The van der Waals surface area contributed by atoms with Gasteiger partial charge in [-0.15, -0.1) is 0 Å². The van der Waals surface area contributed by atoms with Gasteiger partial charge in [0.2, 0.25) is 0 Å². The minimum Gasteiger partial charge on any atom is -0.491 e. The van der Waals surface area contributed by atoms with Gasteiger partial charge in [-0.2, -0.15) is 0 Å². The largest absolute Gasteiger partial charge is 0.491 e. The Morgan fingerprint density at radius 1 is 1.17 bits per heavy atom. The molecule has 0 aliphatic rings. The van der Waals surface area contributed by atoms with Crippen molar-refractivity contribution in [2.75, 3.05) is 13.2 Å². The minimum atomic E-state index is -1.01. The maximum absolute atomic E-state index is 13.0. The van der Waals surface area contributed by atoms with Gasteiger partial charge in [-0.3, -0.25) is 4.98 Å². The van der Waals surface area contributed by atoms with Gasteiger partial charge in [0, 0.05) is 18.7 Å². The highest BCUT2D eigenvalue weighted by Crippen LogP contribution is 2.15. The minimum absolute atomic E-state index is 0.0817. The van der Waals surface area contributed by atoms with Crippen LogP contribution in [0.1, 0.15) is 18.7 Å². The second kappa shape index (κ2) is 7.94. The Bertz CT molecular complexity index is 638. The van der Waals surface area contributed by atoms with Crippen molar-refractivity contribution < 1.29 is 23.0 Å². The van der Waals surface area contributed by atoms with Gasteiger partial charge in [0.05, 0.1) is 11.9 Å². The topological polar surface area (TPSA) is 54.4 Å². The predicted molar refractivity (Wildman–Crippen MR) is 78.5 cm³/mol. The van der Waals surface area contributed by atoms with Crippen LogP contribution in [0.25, 0.3) is 0 Å². The third-order valence-electron chi connectivity index (χ3n) is 3.19. The maximum Gasteiger partial charge on any atom is 0.162 e. The average molecular weight is 326 g/mol. The van der Waals surface area contributed by atoms with Crippen LogP contribution in [-0.4, -0.2) is 29.3 Å². The number of aliphatic hydroxyl groups excluding tert-OH is 1. The number of nitrogens with zero attached hydrogens (tertiary/aromatic N) is 1. The van der Waals surface area contributed by atoms with Crippen LogP contribution in [-0.2, 0) is 0 Å². The molecule has 0 spiro atoms. The third kappa shape index (κ3) is 5.22. The number of aromatic nitrogens is 1. The molecule has 2 rings (SSSR count). The molecule has 124 valence electrons. The monoisotopic (exact) mass is 326 g/mol. The van der Waals surface area contributed by atoms with E-state index in [9.17, 15) is 18.3 Å². The fourth-order valence-electron chi connectivity index (χ4n) is 1.88. The van der Waals surface area contributed by atoms with Crippen molar-refractivity contribution in [1.29, 1.82) is 0 Å². The fraction of sp³-hybridized carbons (Fsp3) is 0.312. The maximum atomic E-state index is 13.0. The molecule has 0 fully saturated rings. The van der Waals surface area contributed by atoms with E-state index in [1.54, 1.807) is 6.07 Å². The quantitative estimate of drug-likeness (QED) is 0.821. The van der Waals surface area contributed by atoms with Crippen LogP contribution >= 0.6 is 0 Å². The molecule has 0 amide bonds. The molecule has 1 aromatic heterocycles. The molecule has 23 heavy (non-hydrogen) atoms. The van der Waals surface area contributed by atoms with Crippen LogP contribution in [0.4, 0.5) is 13.2 Å². The van der Waals surface area contributed by atoms with E-state index in [0.29, 0.717) is 5.69 Å². The van der Waals surface area contributed by atoms with Gasteiger partial charge in [0.1, 0.15) is 24.3 Å². The van der Waals surface area contributed by atoms with Crippen molar-refractivity contribution in [3.63, 3.8) is 0 Å². The van der Waals surface area contributed by atoms with Gasteiger partial charge in [-0.25, -0.2) is 13.2 Å². The average Bonchev–Trinajstić information content (AvgIpc) is 2.54. The summed E-state index contributed by atoms with van der Waals surface area (Å²) in [6, 6.07) is 5.83. The Labute approximate surface area is 131 Å². The molecule has 1 aromatic carbocycles. The molecule has 0 aliphatic carbocycles. The Kier molecular flexibility index (Phi) is 5.95. The summed E-state index contributed by atoms with van der Waals surface area (Å²) in [5.74, 6) is -2.25. The summed E-state index contributed by atoms with van der Waals surface area (Å²) in [7, 11) is 0. The number of halogens is 3. The number of ether oxygens (including phenoxy) is 1. The molecule has 2 atom stereocenters. The normalized spacial score (nSPS) is 13.6. The number of aliphatic hydroxyl groups is 1. The van der Waals surface area contributed by atoms with E-state index < -0.39 is 23.6 Å². The molecule has 0 radical (unpaired) electrons. The molecule has 2 aromatic rings. The lowest BCUT2D eigenvalue weighted by molar-refractivity contribution is 0.104. The zero-order chi connectivity index (χ0) is 16.8. The van der Waals surface area contributed by atoms with Crippen LogP contribution in [0.3, 0.4) is 0 Å². The van der Waals surface area contributed by atoms with Crippen LogP contribution in [0.5, 0.6) is 5.75 Å². The lowest BCUT2D eigenvalue weighted by Gasteiger charge is -2.17. The standard InChI is InChI=1S/C16H17F3N2O2/c1-10(16-5-2-11(17)7-21-16)20-8-12(22)9-23-13-3-4-14(18)15(19)6-13/h2-7,10,12,20,22H,8-9H2,1H3. The number of hydrogen-bond donors (Lipinski definition) is 2. The van der Waals surface area contributed by atoms with E-state index in [0.717, 1.165) is 18.3 Å². The van der Waals surface area contributed by atoms with Crippen LogP contribution in [0, 0.1) is 17.5 Å². The summed E-state index contributed by atoms with van der Waals surface area (Å²) in [6.45, 7) is 1.94. The second-order valence-corrected chi connectivity index (χ2v) is 5.07. The van der Waals surface area contributed by atoms with Crippen molar-refractivity contribution in [3.05, 3.63) is 59.7 Å². The van der Waals surface area contributed by atoms with Crippen LogP contribution < -0.4 is 10.1 Å². The highest BCUT2D eigenvalue weighted by atomic mass is 19.2. The number of pyridine rings is 1. The zero-order valence-electron chi connectivity index (χ0n) is 12.5. The molecule has 7 heteroatoms. The van der Waals surface area contributed by atoms with Gasteiger partial charge >= 0.3 is 0 Å². The first-order valence-electron chi connectivity index (χ1n) is 7.06. The van der Waals surface area contributed by atoms with Crippen molar-refractivity contribution in [2.45, 2.75) is 19.1 Å². The zero-order valence-corrected chi connectivity index (χ0v) is 12.5. The summed E-state index contributed by atoms with van der Waals surface area (Å²) in [6.07, 6.45) is 0.266. The molecular formula is C16H17F3N2O2. The molecule has 2 N–H and O–H groups in total. The molecule has 0 saturated heterocycles. The van der Waals surface area contributed by atoms with E-state index in [-0.39, 0.29) is 24.9 Å². The van der Waals surface area contributed by atoms with Gasteiger partial charge in [0.15, 0.2) is 11.6 Å². The Hall–Kier alpha value is -2.12. The van der Waals surface area contributed by atoms with Gasteiger partial charge in [-0.05, 0) is 31.2 Å². The van der Waals surface area contributed by atoms with E-state index >= 15 is 0 Å². The fourth-order valence-corrected chi connectivity index (χ4v) is 1.88. The smallest absolute Gasteiger partial charge is 0.162 e. The van der Waals surface area contributed by atoms with Gasteiger partial charge in [0.25, 0.3) is 0 Å². The molecule has 0 bridgehead atoms. The highest BCUT2D eigenvalue weighted by Gasteiger charge is 2.11. The second-order valence-electron chi connectivity index (χ2n) is 5.07. The first kappa shape index (κ1) is 17.2. The van der Waals surface area contributed by atoms with E-state index in [1.165, 1.54) is 12.1 Å². The predicted octanol–water partition coefficient (Wildman–Crippen LogP) is 2.59. The summed E-state index contributed by atoms with van der Waals surface area (Å²) < 4.78 is 43.8. The summed E-state index contributed by atoms with van der Waals surface area (Å²) in [5.41, 5.74) is 0.639. The van der Waals surface area contributed by atoms with Crippen molar-refractivity contribution in [2.24, 2.45) is 0 Å². The third-order valence-corrected chi connectivity index (χ3v) is 3.19. The van der Waals surface area contributed by atoms with Crippen LogP contribution in [0.15, 0.2) is 36.5 Å². The van der Waals surface area contributed by atoms with E-state index in [2.05, 4.69) is 10.3 Å². The molecule has 4 nitrogen and oxygen atoms in total. The summed E-state index contributed by atoms with van der Waals surface area (Å²) in [4.78, 5) is 3.94. The first-order valence-corrected chi connectivity index (χ1v) is 7.06. The SMILES string of the molecule is CC(NCC(O)COc1ccc(F)c(F)c1)c1ccc(F)cn1. The Balaban J connectivity index is 1.77. The summed E-state index contributed by atoms with van der Waals surface area (Å²) >= 11 is 0. The van der Waals surface area contributed by atoms with E-state index in [4.69, 9.17) is 4.74 Å². The lowest BCUT2D eigenvalue weighted by Crippen LogP contribution is -2.33. The number of hydrogen-bond acceptors (Lipinski definition) is 4. The van der Waals surface area contributed by atoms with E-state index in [1.807, 2.05) is 6.92 Å². The molecule has 1 heterocycles. The van der Waals surface area contributed by atoms with Crippen molar-refractivity contribution in [1.82, 2.24) is 10.3 Å². The molecule has 0 saturated carbocycles. The van der Waals surface area contributed by atoms with Crippen molar-refractivity contribution in [3.8, 4) is 5.75 Å². The number of rotatable bonds is 7.